The summed E-state index contributed by atoms with van der Waals surface area (Å²) in [5, 5.41) is 4.70. The van der Waals surface area contributed by atoms with Gasteiger partial charge in [0.15, 0.2) is 5.78 Å². The van der Waals surface area contributed by atoms with E-state index in [0.29, 0.717) is 6.42 Å². The highest BCUT2D eigenvalue weighted by Gasteiger charge is 2.32. The Morgan fingerprint density at radius 2 is 1.67 bits per heavy atom. The number of carbonyl (C=O) groups is 1. The van der Waals surface area contributed by atoms with Crippen molar-refractivity contribution in [2.45, 2.75) is 73.4 Å². The van der Waals surface area contributed by atoms with Crippen molar-refractivity contribution in [3.05, 3.63) is 36.0 Å². The molecule has 1 aromatic carbocycles. The molecule has 0 fully saturated rings. The molecular formula is C21H34N2O. The van der Waals surface area contributed by atoms with Crippen molar-refractivity contribution in [3.8, 4) is 0 Å². The van der Waals surface area contributed by atoms with E-state index in [-0.39, 0.29) is 22.8 Å². The molecule has 1 unspecified atom stereocenters. The van der Waals surface area contributed by atoms with Crippen molar-refractivity contribution in [2.24, 2.45) is 5.41 Å². The molecule has 1 atom stereocenters. The fraction of sp³-hybridized carbons (Fsp3) is 0.571. The third-order valence-electron chi connectivity index (χ3n) is 3.76. The lowest BCUT2D eigenvalue weighted by Crippen LogP contribution is -2.51. The van der Waals surface area contributed by atoms with Gasteiger partial charge in [0.2, 0.25) is 0 Å². The van der Waals surface area contributed by atoms with Gasteiger partial charge < -0.3 is 10.3 Å². The number of ketones is 1. The number of hydrogen-bond donors (Lipinski definition) is 2. The van der Waals surface area contributed by atoms with Crippen molar-refractivity contribution < 1.29 is 4.79 Å². The van der Waals surface area contributed by atoms with E-state index in [2.05, 4.69) is 43.2 Å². The molecule has 134 valence electrons. The second kappa shape index (κ2) is 7.98. The summed E-state index contributed by atoms with van der Waals surface area (Å²) in [4.78, 5) is 16.1. The van der Waals surface area contributed by atoms with E-state index in [1.807, 2.05) is 52.9 Å². The third kappa shape index (κ3) is 5.48. The predicted octanol–water partition coefficient (Wildman–Crippen LogP) is 5.11. The van der Waals surface area contributed by atoms with E-state index in [9.17, 15) is 4.79 Å². The molecule has 24 heavy (non-hydrogen) atoms. The molecule has 0 spiro atoms. The molecule has 0 aliphatic carbocycles. The maximum Gasteiger partial charge on any atom is 0.155 e. The van der Waals surface area contributed by atoms with Crippen molar-refractivity contribution in [2.75, 3.05) is 0 Å². The summed E-state index contributed by atoms with van der Waals surface area (Å²) < 4.78 is 0. The molecule has 2 N–H and O–H groups in total. The number of Topliss-reactive ketones (excluding diaryl/α,β-unsaturated/α-hetero) is 1. The first-order chi connectivity index (χ1) is 11.1. The number of fused-ring (bicyclic) bond motifs is 1. The van der Waals surface area contributed by atoms with Crippen molar-refractivity contribution in [3.63, 3.8) is 0 Å². The number of para-hydroxylation sites is 1. The first kappa shape index (κ1) is 20.4. The van der Waals surface area contributed by atoms with Crippen LogP contribution in [-0.2, 0) is 11.2 Å². The van der Waals surface area contributed by atoms with Gasteiger partial charge in [-0.15, -0.1) is 0 Å². The lowest BCUT2D eigenvalue weighted by Gasteiger charge is -2.31. The zero-order chi connectivity index (χ0) is 18.5. The Labute approximate surface area is 147 Å². The average Bonchev–Trinajstić information content (AvgIpc) is 2.89. The van der Waals surface area contributed by atoms with Gasteiger partial charge in [0.05, 0.1) is 6.04 Å². The Balaban J connectivity index is 0.00000139. The number of nitrogens with one attached hydrogen (secondary N) is 2. The smallest absolute Gasteiger partial charge is 0.155 e. The maximum absolute atomic E-state index is 12.8. The van der Waals surface area contributed by atoms with Crippen LogP contribution in [0.25, 0.3) is 10.9 Å². The van der Waals surface area contributed by atoms with Gasteiger partial charge >= 0.3 is 0 Å². The lowest BCUT2D eigenvalue weighted by atomic mass is 9.83. The van der Waals surface area contributed by atoms with Gasteiger partial charge in [0.1, 0.15) is 0 Å². The Morgan fingerprint density at radius 3 is 2.21 bits per heavy atom. The molecule has 1 heterocycles. The molecule has 0 amide bonds. The summed E-state index contributed by atoms with van der Waals surface area (Å²) in [6.07, 6.45) is 2.73. The quantitative estimate of drug-likeness (QED) is 0.818. The number of aromatic nitrogens is 1. The van der Waals surface area contributed by atoms with Crippen LogP contribution < -0.4 is 5.32 Å². The van der Waals surface area contributed by atoms with Crippen molar-refractivity contribution in [1.29, 1.82) is 0 Å². The van der Waals surface area contributed by atoms with E-state index in [1.54, 1.807) is 0 Å². The minimum atomic E-state index is -0.352. The van der Waals surface area contributed by atoms with Crippen LogP contribution in [0.1, 0.15) is 61.0 Å². The van der Waals surface area contributed by atoms with Crippen LogP contribution in [0.3, 0.4) is 0 Å². The van der Waals surface area contributed by atoms with E-state index in [4.69, 9.17) is 0 Å². The van der Waals surface area contributed by atoms with Gasteiger partial charge in [-0.25, -0.2) is 0 Å². The van der Waals surface area contributed by atoms with Gasteiger partial charge in [-0.3, -0.25) is 4.79 Å². The Kier molecular flexibility index (Phi) is 6.79. The maximum atomic E-state index is 12.8. The number of aromatic amines is 1. The minimum Gasteiger partial charge on any atom is -0.361 e. The van der Waals surface area contributed by atoms with E-state index in [1.165, 1.54) is 10.9 Å². The first-order valence-corrected chi connectivity index (χ1v) is 8.95. The van der Waals surface area contributed by atoms with Crippen LogP contribution in [0.2, 0.25) is 0 Å². The van der Waals surface area contributed by atoms with Crippen LogP contribution >= 0.6 is 0 Å². The highest BCUT2D eigenvalue weighted by molar-refractivity contribution is 5.90. The fourth-order valence-electron chi connectivity index (χ4n) is 2.78. The van der Waals surface area contributed by atoms with Crippen molar-refractivity contribution >= 4 is 16.7 Å². The Morgan fingerprint density at radius 1 is 1.08 bits per heavy atom. The van der Waals surface area contributed by atoms with E-state index >= 15 is 0 Å². The summed E-state index contributed by atoms with van der Waals surface area (Å²) in [6.45, 7) is 16.3. The molecule has 0 bridgehead atoms. The lowest BCUT2D eigenvalue weighted by molar-refractivity contribution is -0.128. The molecule has 0 saturated carbocycles. The largest absolute Gasteiger partial charge is 0.361 e. The molecular weight excluding hydrogens is 296 g/mol. The molecule has 1 aromatic heterocycles. The van der Waals surface area contributed by atoms with Gasteiger partial charge in [-0.2, -0.15) is 0 Å². The summed E-state index contributed by atoms with van der Waals surface area (Å²) in [5.41, 5.74) is 1.86. The molecule has 3 nitrogen and oxygen atoms in total. The Hall–Kier alpha value is -1.61. The second-order valence-corrected chi connectivity index (χ2v) is 8.12. The molecule has 2 rings (SSSR count). The van der Waals surface area contributed by atoms with Gasteiger partial charge in [-0.1, -0.05) is 52.8 Å². The monoisotopic (exact) mass is 330 g/mol. The van der Waals surface area contributed by atoms with Crippen LogP contribution in [-0.4, -0.2) is 22.3 Å². The third-order valence-corrected chi connectivity index (χ3v) is 3.76. The second-order valence-electron chi connectivity index (χ2n) is 8.12. The molecule has 0 aliphatic rings. The SMILES string of the molecule is CC.CC(C)(C)NC(Cc1c[nH]c2ccccc12)C(=O)C(C)(C)C. The predicted molar refractivity (Wildman–Crippen MR) is 104 cm³/mol. The van der Waals surface area contributed by atoms with E-state index < -0.39 is 0 Å². The van der Waals surface area contributed by atoms with Crippen LogP contribution in [0.15, 0.2) is 30.5 Å². The minimum absolute atomic E-state index is 0.0995. The zero-order valence-electron chi connectivity index (χ0n) is 16.6. The first-order valence-electron chi connectivity index (χ1n) is 8.95. The van der Waals surface area contributed by atoms with Gasteiger partial charge in [0, 0.05) is 28.1 Å². The summed E-state index contributed by atoms with van der Waals surface area (Å²) in [5.74, 6) is 0.257. The normalized spacial score (nSPS) is 13.3. The number of benzene rings is 1. The van der Waals surface area contributed by atoms with E-state index in [0.717, 1.165) is 5.52 Å². The number of H-pyrrole nitrogens is 1. The number of rotatable bonds is 4. The molecule has 0 radical (unpaired) electrons. The fourth-order valence-corrected chi connectivity index (χ4v) is 2.78. The molecule has 0 saturated heterocycles. The Bertz CT molecular complexity index is 656. The standard InChI is InChI=1S/C19H28N2O.C2H6/c1-18(2,3)17(22)16(21-19(4,5)6)11-13-12-20-15-10-8-7-9-14(13)15;1-2/h7-10,12,16,20-21H,11H2,1-6H3;1-2H3. The summed E-state index contributed by atoms with van der Waals surface area (Å²) in [6, 6.07) is 8.05. The molecule has 3 heteroatoms. The molecule has 0 aliphatic heterocycles. The zero-order valence-corrected chi connectivity index (χ0v) is 16.6. The average molecular weight is 331 g/mol. The van der Waals surface area contributed by atoms with Crippen LogP contribution in [0.5, 0.6) is 0 Å². The van der Waals surface area contributed by atoms with Crippen LogP contribution in [0, 0.1) is 5.41 Å². The topological polar surface area (TPSA) is 44.9 Å². The summed E-state index contributed by atoms with van der Waals surface area (Å²) >= 11 is 0. The highest BCUT2D eigenvalue weighted by Crippen LogP contribution is 2.24. The molecule has 2 aromatic rings. The number of carbonyl (C=O) groups excluding carboxylic acids is 1. The highest BCUT2D eigenvalue weighted by atomic mass is 16.1. The number of hydrogen-bond acceptors (Lipinski definition) is 2. The van der Waals surface area contributed by atoms with Crippen molar-refractivity contribution in [1.82, 2.24) is 10.3 Å². The van der Waals surface area contributed by atoms with Crippen LogP contribution in [0.4, 0.5) is 0 Å². The van der Waals surface area contributed by atoms with Gasteiger partial charge in [0.25, 0.3) is 0 Å². The van der Waals surface area contributed by atoms with Gasteiger partial charge in [-0.05, 0) is 38.8 Å². The summed E-state index contributed by atoms with van der Waals surface area (Å²) in [7, 11) is 0.